The number of hydrogen-bond donors (Lipinski definition) is 1. The van der Waals surface area contributed by atoms with E-state index in [1.165, 1.54) is 0 Å². The van der Waals surface area contributed by atoms with E-state index in [1.807, 2.05) is 42.5 Å². The van der Waals surface area contributed by atoms with E-state index in [9.17, 15) is 4.79 Å². The van der Waals surface area contributed by atoms with Crippen LogP contribution in [0, 0.1) is 0 Å². The summed E-state index contributed by atoms with van der Waals surface area (Å²) in [6.45, 7) is 4.67. The topological polar surface area (TPSA) is 56.8 Å². The van der Waals surface area contributed by atoms with E-state index < -0.39 is 0 Å². The van der Waals surface area contributed by atoms with Crippen molar-refractivity contribution in [3.8, 4) is 17.2 Å². The Morgan fingerprint density at radius 1 is 1.04 bits per heavy atom. The maximum atomic E-state index is 12.1. The molecule has 2 rings (SSSR count). The normalized spacial score (nSPS) is 11.5. The molecule has 0 aliphatic rings. The van der Waals surface area contributed by atoms with E-state index in [2.05, 4.69) is 19.2 Å². The second-order valence-electron chi connectivity index (χ2n) is 6.10. The van der Waals surface area contributed by atoms with Crippen molar-refractivity contribution in [3.63, 3.8) is 0 Å². The van der Waals surface area contributed by atoms with Crippen LogP contribution in [0.1, 0.15) is 37.3 Å². The van der Waals surface area contributed by atoms with Crippen LogP contribution in [0.25, 0.3) is 0 Å². The summed E-state index contributed by atoms with van der Waals surface area (Å²) < 4.78 is 16.2. The van der Waals surface area contributed by atoms with E-state index in [1.54, 1.807) is 14.2 Å². The summed E-state index contributed by atoms with van der Waals surface area (Å²) in [6.07, 6.45) is 1.02. The van der Waals surface area contributed by atoms with Crippen LogP contribution in [-0.2, 0) is 11.3 Å². The van der Waals surface area contributed by atoms with Crippen molar-refractivity contribution in [1.82, 2.24) is 5.32 Å². The van der Waals surface area contributed by atoms with Gasteiger partial charge >= 0.3 is 0 Å². The van der Waals surface area contributed by atoms with Crippen LogP contribution in [0.4, 0.5) is 0 Å². The molecule has 0 spiro atoms. The smallest absolute Gasteiger partial charge is 0.258 e. The number of rotatable bonds is 9. The van der Waals surface area contributed by atoms with E-state index >= 15 is 0 Å². The van der Waals surface area contributed by atoms with Gasteiger partial charge in [-0.2, -0.15) is 0 Å². The molecule has 0 saturated heterocycles. The molecule has 2 aromatic carbocycles. The van der Waals surface area contributed by atoms with E-state index in [0.29, 0.717) is 24.0 Å². The Labute approximate surface area is 155 Å². The molecule has 1 N–H and O–H groups in total. The SMILES string of the molecule is CCC(C)c1ccccc1OCC(=O)NCc1ccc(OC)c(OC)c1. The van der Waals surface area contributed by atoms with Crippen molar-refractivity contribution < 1.29 is 19.0 Å². The van der Waals surface area contributed by atoms with Gasteiger partial charge in [-0.1, -0.05) is 38.1 Å². The number of hydrogen-bond acceptors (Lipinski definition) is 4. The lowest BCUT2D eigenvalue weighted by atomic mass is 9.98. The number of carbonyl (C=O) groups excluding carboxylic acids is 1. The summed E-state index contributed by atoms with van der Waals surface area (Å²) in [7, 11) is 3.18. The van der Waals surface area contributed by atoms with Crippen molar-refractivity contribution >= 4 is 5.91 Å². The molecular weight excluding hydrogens is 330 g/mol. The second-order valence-corrected chi connectivity index (χ2v) is 6.10. The molecule has 0 heterocycles. The van der Waals surface area contributed by atoms with Crippen LogP contribution >= 0.6 is 0 Å². The van der Waals surface area contributed by atoms with Crippen LogP contribution in [0.15, 0.2) is 42.5 Å². The van der Waals surface area contributed by atoms with Gasteiger partial charge in [-0.25, -0.2) is 0 Å². The first-order valence-corrected chi connectivity index (χ1v) is 8.78. The minimum absolute atomic E-state index is 0.0132. The molecule has 26 heavy (non-hydrogen) atoms. The van der Waals surface area contributed by atoms with Gasteiger partial charge in [-0.05, 0) is 41.7 Å². The molecule has 140 valence electrons. The lowest BCUT2D eigenvalue weighted by Crippen LogP contribution is -2.28. The maximum absolute atomic E-state index is 12.1. The van der Waals surface area contributed by atoms with Crippen LogP contribution in [-0.4, -0.2) is 26.7 Å². The fraction of sp³-hybridized carbons (Fsp3) is 0.381. The number of methoxy groups -OCH3 is 2. The van der Waals surface area contributed by atoms with Gasteiger partial charge < -0.3 is 19.5 Å². The molecule has 0 aliphatic carbocycles. The van der Waals surface area contributed by atoms with Gasteiger partial charge in [0.25, 0.3) is 5.91 Å². The minimum Gasteiger partial charge on any atom is -0.493 e. The quantitative estimate of drug-likeness (QED) is 0.739. The third kappa shape index (κ3) is 5.15. The molecule has 5 heteroatoms. The lowest BCUT2D eigenvalue weighted by molar-refractivity contribution is -0.123. The molecule has 0 fully saturated rings. The van der Waals surface area contributed by atoms with Crippen molar-refractivity contribution in [2.24, 2.45) is 0 Å². The second kappa shape index (κ2) is 9.70. The molecule has 5 nitrogen and oxygen atoms in total. The van der Waals surface area contributed by atoms with E-state index in [-0.39, 0.29) is 12.5 Å². The summed E-state index contributed by atoms with van der Waals surface area (Å²) in [6, 6.07) is 13.4. The number of benzene rings is 2. The average Bonchev–Trinajstić information content (AvgIpc) is 2.69. The molecule has 0 bridgehead atoms. The number of para-hydroxylation sites is 1. The maximum Gasteiger partial charge on any atom is 0.258 e. The summed E-state index contributed by atoms with van der Waals surface area (Å²) in [5.41, 5.74) is 2.05. The molecule has 0 radical (unpaired) electrons. The molecule has 0 aromatic heterocycles. The van der Waals surface area contributed by atoms with Crippen LogP contribution in [0.5, 0.6) is 17.2 Å². The van der Waals surface area contributed by atoms with Gasteiger partial charge in [0, 0.05) is 6.54 Å². The standard InChI is InChI=1S/C21H27NO4/c1-5-15(2)17-8-6-7-9-18(17)26-14-21(23)22-13-16-10-11-19(24-3)20(12-16)25-4/h6-12,15H,5,13-14H2,1-4H3,(H,22,23). The number of carbonyl (C=O) groups is 1. The average molecular weight is 357 g/mol. The predicted octanol–water partition coefficient (Wildman–Crippen LogP) is 3.91. The van der Waals surface area contributed by atoms with Crippen molar-refractivity contribution in [2.75, 3.05) is 20.8 Å². The predicted molar refractivity (Wildman–Crippen MR) is 102 cm³/mol. The number of nitrogens with one attached hydrogen (secondary N) is 1. The molecular formula is C21H27NO4. The van der Waals surface area contributed by atoms with Crippen LogP contribution < -0.4 is 19.5 Å². The first-order valence-electron chi connectivity index (χ1n) is 8.78. The Morgan fingerprint density at radius 3 is 2.46 bits per heavy atom. The van der Waals surface area contributed by atoms with Gasteiger partial charge in [-0.3, -0.25) is 4.79 Å². The van der Waals surface area contributed by atoms with E-state index in [4.69, 9.17) is 14.2 Å². The Balaban J connectivity index is 1.90. The monoisotopic (exact) mass is 357 g/mol. The van der Waals surface area contributed by atoms with Gasteiger partial charge in [0.05, 0.1) is 14.2 Å². The van der Waals surface area contributed by atoms with E-state index in [0.717, 1.165) is 23.3 Å². The summed E-state index contributed by atoms with van der Waals surface area (Å²) in [5, 5.41) is 2.86. The van der Waals surface area contributed by atoms with Gasteiger partial charge in [0.15, 0.2) is 18.1 Å². The van der Waals surface area contributed by atoms with Crippen LogP contribution in [0.3, 0.4) is 0 Å². The first-order chi connectivity index (χ1) is 12.6. The number of amides is 1. The highest BCUT2D eigenvalue weighted by Crippen LogP contribution is 2.29. The first kappa shape index (κ1) is 19.6. The highest BCUT2D eigenvalue weighted by atomic mass is 16.5. The lowest BCUT2D eigenvalue weighted by Gasteiger charge is -2.15. The summed E-state index contributed by atoms with van der Waals surface area (Å²) in [5.74, 6) is 2.29. The Bertz CT molecular complexity index is 730. The fourth-order valence-electron chi connectivity index (χ4n) is 2.62. The Hall–Kier alpha value is -2.69. The Kier molecular flexibility index (Phi) is 7.33. The summed E-state index contributed by atoms with van der Waals surface area (Å²) in [4.78, 5) is 12.1. The minimum atomic E-state index is -0.168. The zero-order chi connectivity index (χ0) is 18.9. The van der Waals surface area contributed by atoms with Gasteiger partial charge in [-0.15, -0.1) is 0 Å². The third-order valence-electron chi connectivity index (χ3n) is 4.36. The molecule has 1 unspecified atom stereocenters. The van der Waals surface area contributed by atoms with Crippen molar-refractivity contribution in [2.45, 2.75) is 32.7 Å². The van der Waals surface area contributed by atoms with Crippen molar-refractivity contribution in [1.29, 1.82) is 0 Å². The van der Waals surface area contributed by atoms with Gasteiger partial charge in [0.2, 0.25) is 0 Å². The molecule has 0 saturated carbocycles. The highest BCUT2D eigenvalue weighted by Gasteiger charge is 2.11. The molecule has 0 aliphatic heterocycles. The zero-order valence-corrected chi connectivity index (χ0v) is 15.9. The van der Waals surface area contributed by atoms with Crippen LogP contribution in [0.2, 0.25) is 0 Å². The molecule has 1 amide bonds. The highest BCUT2D eigenvalue weighted by molar-refractivity contribution is 5.77. The van der Waals surface area contributed by atoms with Crippen molar-refractivity contribution in [3.05, 3.63) is 53.6 Å². The Morgan fingerprint density at radius 2 is 1.77 bits per heavy atom. The number of ether oxygens (including phenoxy) is 3. The largest absolute Gasteiger partial charge is 0.493 e. The third-order valence-corrected chi connectivity index (χ3v) is 4.36. The van der Waals surface area contributed by atoms with Gasteiger partial charge in [0.1, 0.15) is 5.75 Å². The fourth-order valence-corrected chi connectivity index (χ4v) is 2.62. The summed E-state index contributed by atoms with van der Waals surface area (Å²) >= 11 is 0. The zero-order valence-electron chi connectivity index (χ0n) is 15.9. The molecule has 2 aromatic rings. The molecule has 1 atom stereocenters.